The summed E-state index contributed by atoms with van der Waals surface area (Å²) >= 11 is 0. The summed E-state index contributed by atoms with van der Waals surface area (Å²) < 4.78 is 62.3. The van der Waals surface area contributed by atoms with Crippen molar-refractivity contribution < 1.29 is 21.6 Å². The average Bonchev–Trinajstić information content (AvgIpc) is 2.48. The predicted molar refractivity (Wildman–Crippen MR) is 86.3 cm³/mol. The lowest BCUT2D eigenvalue weighted by Gasteiger charge is -2.33. The van der Waals surface area contributed by atoms with E-state index in [4.69, 9.17) is 0 Å². The van der Waals surface area contributed by atoms with Gasteiger partial charge in [-0.05, 0) is 18.9 Å². The number of aromatic nitrogens is 1. The highest BCUT2D eigenvalue weighted by molar-refractivity contribution is 7.90. The Labute approximate surface area is 139 Å². The number of rotatable bonds is 5. The summed E-state index contributed by atoms with van der Waals surface area (Å²) in [5.74, 6) is 0.504. The van der Waals surface area contributed by atoms with Crippen molar-refractivity contribution in [1.29, 1.82) is 0 Å². The summed E-state index contributed by atoms with van der Waals surface area (Å²) in [5.41, 5.74) is -4.42. The first-order valence-electron chi connectivity index (χ1n) is 7.58. The molecule has 2 rings (SSSR count). The number of hydrogen-bond acceptors (Lipinski definition) is 5. The lowest BCUT2D eigenvalue weighted by atomic mass is 9.91. The van der Waals surface area contributed by atoms with E-state index in [2.05, 4.69) is 10.3 Å². The van der Waals surface area contributed by atoms with E-state index in [0.29, 0.717) is 25.1 Å². The van der Waals surface area contributed by atoms with Gasteiger partial charge in [0.15, 0.2) is 0 Å². The quantitative estimate of drug-likeness (QED) is 0.837. The Kier molecular flexibility index (Phi) is 5.59. The van der Waals surface area contributed by atoms with Crippen molar-refractivity contribution in [2.75, 3.05) is 24.3 Å². The van der Waals surface area contributed by atoms with Gasteiger partial charge in [-0.15, -0.1) is 0 Å². The maximum Gasteiger partial charge on any atom is 0.511 e. The van der Waals surface area contributed by atoms with Gasteiger partial charge < -0.3 is 10.2 Å². The largest absolute Gasteiger partial charge is 0.511 e. The van der Waals surface area contributed by atoms with E-state index in [1.165, 1.54) is 0 Å². The second-order valence-electron chi connectivity index (χ2n) is 6.00. The molecule has 1 aliphatic rings. The van der Waals surface area contributed by atoms with Crippen LogP contribution in [0.5, 0.6) is 0 Å². The first kappa shape index (κ1) is 18.8. The first-order valence-corrected chi connectivity index (χ1v) is 9.07. The molecule has 2 N–H and O–H groups in total. The van der Waals surface area contributed by atoms with Crippen molar-refractivity contribution in [3.63, 3.8) is 0 Å². The molecule has 0 spiro atoms. The third-order valence-corrected chi connectivity index (χ3v) is 5.19. The molecule has 0 saturated heterocycles. The second-order valence-corrected chi connectivity index (χ2v) is 7.71. The third kappa shape index (κ3) is 4.50. The molecule has 6 nitrogen and oxygen atoms in total. The molecule has 2 atom stereocenters. The molecule has 136 valence electrons. The minimum atomic E-state index is -5.36. The van der Waals surface area contributed by atoms with E-state index >= 15 is 0 Å². The third-order valence-electron chi connectivity index (χ3n) is 3.97. The highest BCUT2D eigenvalue weighted by atomic mass is 32.2. The number of nitrogens with one attached hydrogen (secondary N) is 2. The molecule has 0 aliphatic heterocycles. The first-order chi connectivity index (χ1) is 11.1. The smallest absolute Gasteiger partial charge is 0.378 e. The number of alkyl halides is 3. The normalized spacial score (nSPS) is 22.2. The minimum Gasteiger partial charge on any atom is -0.378 e. The zero-order valence-electron chi connectivity index (χ0n) is 13.5. The van der Waals surface area contributed by atoms with E-state index in [0.717, 1.165) is 12.1 Å². The van der Waals surface area contributed by atoms with Crippen molar-refractivity contribution in [2.24, 2.45) is 0 Å². The minimum absolute atomic E-state index is 0.348. The van der Waals surface area contributed by atoms with Crippen molar-refractivity contribution in [1.82, 2.24) is 9.71 Å². The highest BCUT2D eigenvalue weighted by Gasteiger charge is 2.47. The van der Waals surface area contributed by atoms with Gasteiger partial charge in [0, 0.05) is 44.1 Å². The van der Waals surface area contributed by atoms with Crippen LogP contribution in [-0.2, 0) is 10.0 Å². The highest BCUT2D eigenvalue weighted by Crippen LogP contribution is 2.27. The summed E-state index contributed by atoms with van der Waals surface area (Å²) in [6.45, 7) is 0. The Balaban J connectivity index is 2.14. The van der Waals surface area contributed by atoms with Gasteiger partial charge in [0.05, 0.1) is 0 Å². The van der Waals surface area contributed by atoms with E-state index in [1.807, 2.05) is 19.0 Å². The monoisotopic (exact) mass is 366 g/mol. The molecule has 1 aromatic heterocycles. The van der Waals surface area contributed by atoms with E-state index < -0.39 is 27.6 Å². The van der Waals surface area contributed by atoms with E-state index in [1.54, 1.807) is 23.1 Å². The molecular weight excluding hydrogens is 345 g/mol. The summed E-state index contributed by atoms with van der Waals surface area (Å²) in [6, 6.07) is 2.30. The number of halogens is 3. The molecule has 0 aromatic carbocycles. The molecule has 0 radical (unpaired) electrons. The average molecular weight is 366 g/mol. The predicted octanol–water partition coefficient (Wildman–Crippen LogP) is 2.31. The topological polar surface area (TPSA) is 74.3 Å². The van der Waals surface area contributed by atoms with Crippen LogP contribution >= 0.6 is 0 Å². The van der Waals surface area contributed by atoms with Gasteiger partial charge >= 0.3 is 15.5 Å². The lowest BCUT2D eigenvalue weighted by Crippen LogP contribution is -2.51. The fourth-order valence-electron chi connectivity index (χ4n) is 2.68. The summed E-state index contributed by atoms with van der Waals surface area (Å²) in [7, 11) is -1.64. The van der Waals surface area contributed by atoms with Gasteiger partial charge in [-0.3, -0.25) is 0 Å². The van der Waals surface area contributed by atoms with E-state index in [9.17, 15) is 21.6 Å². The second kappa shape index (κ2) is 7.14. The van der Waals surface area contributed by atoms with Crippen LogP contribution in [-0.4, -0.2) is 45.1 Å². The molecule has 0 bridgehead atoms. The van der Waals surface area contributed by atoms with Crippen LogP contribution in [0.2, 0.25) is 0 Å². The fraction of sp³-hybridized carbons (Fsp3) is 0.643. The van der Waals surface area contributed by atoms with Gasteiger partial charge in [-0.1, -0.05) is 12.8 Å². The van der Waals surface area contributed by atoms with Crippen molar-refractivity contribution in [2.45, 2.75) is 43.3 Å². The van der Waals surface area contributed by atoms with Gasteiger partial charge in [-0.25, -0.2) is 18.1 Å². The standard InChI is InChI=1S/C14H21F3N4O2S/c1-21(2)10-7-8-18-13(9-10)19-11-5-3-4-6-12(11)20-24(22,23)14(15,16)17/h7-9,11-12,20H,3-6H2,1-2H3,(H,18,19). The summed E-state index contributed by atoms with van der Waals surface area (Å²) in [6.07, 6.45) is 4.00. The molecule has 0 amide bonds. The summed E-state index contributed by atoms with van der Waals surface area (Å²) in [4.78, 5) is 6.03. The maximum absolute atomic E-state index is 12.6. The number of nitrogens with zero attached hydrogens (tertiary/aromatic N) is 2. The summed E-state index contributed by atoms with van der Waals surface area (Å²) in [5, 5.41) is 3.07. The van der Waals surface area contributed by atoms with Gasteiger partial charge in [-0.2, -0.15) is 13.2 Å². The Morgan fingerprint density at radius 3 is 2.42 bits per heavy atom. The van der Waals surface area contributed by atoms with Crippen LogP contribution in [0.3, 0.4) is 0 Å². The van der Waals surface area contributed by atoms with Crippen LogP contribution in [0.25, 0.3) is 0 Å². The number of pyridine rings is 1. The van der Waals surface area contributed by atoms with Gasteiger partial charge in [0.25, 0.3) is 0 Å². The number of anilines is 2. The van der Waals surface area contributed by atoms with Crippen molar-refractivity contribution >= 4 is 21.5 Å². The Morgan fingerprint density at radius 2 is 1.83 bits per heavy atom. The van der Waals surface area contributed by atoms with Crippen molar-refractivity contribution in [3.8, 4) is 0 Å². The van der Waals surface area contributed by atoms with Crippen LogP contribution in [0.4, 0.5) is 24.7 Å². The Hall–Kier alpha value is -1.55. The van der Waals surface area contributed by atoms with Gasteiger partial charge in [0.1, 0.15) is 5.82 Å². The van der Waals surface area contributed by atoms with Crippen molar-refractivity contribution in [3.05, 3.63) is 18.3 Å². The zero-order valence-corrected chi connectivity index (χ0v) is 14.3. The van der Waals surface area contributed by atoms with Crippen LogP contribution in [0.1, 0.15) is 25.7 Å². The molecule has 24 heavy (non-hydrogen) atoms. The molecular formula is C14H21F3N4O2S. The molecule has 2 unspecified atom stereocenters. The number of hydrogen-bond donors (Lipinski definition) is 2. The van der Waals surface area contributed by atoms with Crippen LogP contribution in [0, 0.1) is 0 Å². The molecule has 1 saturated carbocycles. The van der Waals surface area contributed by atoms with Crippen LogP contribution < -0.4 is 14.9 Å². The number of sulfonamides is 1. The Bertz CT molecular complexity index is 664. The van der Waals surface area contributed by atoms with Gasteiger partial charge in [0.2, 0.25) is 0 Å². The molecule has 10 heteroatoms. The maximum atomic E-state index is 12.6. The lowest BCUT2D eigenvalue weighted by molar-refractivity contribution is -0.0452. The molecule has 1 heterocycles. The molecule has 1 aliphatic carbocycles. The zero-order chi connectivity index (χ0) is 18.0. The van der Waals surface area contributed by atoms with Crippen LogP contribution in [0.15, 0.2) is 18.3 Å². The SMILES string of the molecule is CN(C)c1ccnc(NC2CCCCC2NS(=O)(=O)C(F)(F)F)c1. The molecule has 1 fully saturated rings. The molecule has 1 aromatic rings. The fourth-order valence-corrected chi connectivity index (χ4v) is 3.49. The van der Waals surface area contributed by atoms with E-state index in [-0.39, 0.29) is 0 Å². The Morgan fingerprint density at radius 1 is 1.21 bits per heavy atom.